The molecule has 0 heterocycles. The second-order valence-electron chi connectivity index (χ2n) is 10.1. The molecule has 0 bridgehead atoms. The van der Waals surface area contributed by atoms with Crippen molar-refractivity contribution in [1.29, 1.82) is 0 Å². The third-order valence-electron chi connectivity index (χ3n) is 7.25. The van der Waals surface area contributed by atoms with Gasteiger partial charge >= 0.3 is 0 Å². The lowest BCUT2D eigenvalue weighted by atomic mass is 9.85. The Morgan fingerprint density at radius 2 is 0.744 bits per heavy atom. The first-order valence-electron chi connectivity index (χ1n) is 14.2. The van der Waals surface area contributed by atoms with Gasteiger partial charge in [-0.2, -0.15) is 0 Å². The summed E-state index contributed by atoms with van der Waals surface area (Å²) >= 11 is 0. The fraction of sp³-hybridized carbons (Fsp3) is 0.189. The van der Waals surface area contributed by atoms with Crippen molar-refractivity contribution >= 4 is 11.4 Å². The fourth-order valence-electron chi connectivity index (χ4n) is 5.15. The summed E-state index contributed by atoms with van der Waals surface area (Å²) in [6, 6.07) is 50.2. The minimum atomic E-state index is 0.200. The molecule has 0 saturated heterocycles. The lowest BCUT2D eigenvalue weighted by molar-refractivity contribution is 0.862. The molecule has 2 N–H and O–H groups in total. The molecule has 196 valence electrons. The Hall–Kier alpha value is -4.30. The van der Waals surface area contributed by atoms with E-state index in [1.807, 2.05) is 0 Å². The summed E-state index contributed by atoms with van der Waals surface area (Å²) in [7, 11) is 0. The summed E-state index contributed by atoms with van der Waals surface area (Å²) in [4.78, 5) is 0. The van der Waals surface area contributed by atoms with Crippen LogP contribution in [0.5, 0.6) is 0 Å². The Kier molecular flexibility index (Phi) is 9.46. The van der Waals surface area contributed by atoms with Crippen LogP contribution in [0, 0.1) is 0 Å². The van der Waals surface area contributed by atoms with Crippen molar-refractivity contribution in [1.82, 2.24) is 0 Å². The zero-order chi connectivity index (χ0) is 26.5. The molecular weight excluding hydrogens is 472 g/mol. The SMILES string of the molecule is c1ccc(CCCNc2ccc(C(c3ccccc3)c3ccc(NCCCc4ccccc4)cc3)cc2)cc1. The maximum atomic E-state index is 3.59. The third-order valence-corrected chi connectivity index (χ3v) is 7.25. The first kappa shape index (κ1) is 26.3. The molecule has 5 aromatic carbocycles. The average Bonchev–Trinajstić information content (AvgIpc) is 3.01. The first-order chi connectivity index (χ1) is 19.3. The van der Waals surface area contributed by atoms with Crippen LogP contribution >= 0.6 is 0 Å². The monoisotopic (exact) mass is 510 g/mol. The number of anilines is 2. The molecular formula is C37H38N2. The van der Waals surface area contributed by atoms with E-state index in [9.17, 15) is 0 Å². The topological polar surface area (TPSA) is 24.1 Å². The standard InChI is InChI=1S/C37H38N2/c1-4-12-30(13-5-1)16-10-28-38-35-24-20-33(21-25-35)37(32-18-8-3-9-19-32)34-22-26-36(27-23-34)39-29-11-17-31-14-6-2-7-15-31/h1-9,12-15,18-27,37-39H,10-11,16-17,28-29H2. The lowest BCUT2D eigenvalue weighted by Crippen LogP contribution is -2.06. The predicted octanol–water partition coefficient (Wildman–Crippen LogP) is 8.96. The number of hydrogen-bond donors (Lipinski definition) is 2. The summed E-state index contributed by atoms with van der Waals surface area (Å²) in [5.74, 6) is 0.200. The van der Waals surface area contributed by atoms with Crippen molar-refractivity contribution in [2.45, 2.75) is 31.6 Å². The van der Waals surface area contributed by atoms with E-state index in [0.29, 0.717) is 0 Å². The van der Waals surface area contributed by atoms with Crippen molar-refractivity contribution in [3.05, 3.63) is 167 Å². The Labute approximate surface area is 233 Å². The van der Waals surface area contributed by atoms with E-state index in [1.165, 1.54) is 39.2 Å². The first-order valence-corrected chi connectivity index (χ1v) is 14.2. The highest BCUT2D eigenvalue weighted by atomic mass is 14.9. The number of aryl methyl sites for hydroxylation is 2. The van der Waals surface area contributed by atoms with Crippen LogP contribution in [0.15, 0.2) is 140 Å². The van der Waals surface area contributed by atoms with Gasteiger partial charge in [-0.05, 0) is 77.8 Å². The van der Waals surface area contributed by atoms with Crippen molar-refractivity contribution in [2.24, 2.45) is 0 Å². The van der Waals surface area contributed by atoms with E-state index in [1.54, 1.807) is 0 Å². The molecule has 2 nitrogen and oxygen atoms in total. The molecule has 0 spiro atoms. The van der Waals surface area contributed by atoms with E-state index in [2.05, 4.69) is 150 Å². The van der Waals surface area contributed by atoms with E-state index in [-0.39, 0.29) is 5.92 Å². The Balaban J connectivity index is 1.20. The molecule has 5 rings (SSSR count). The molecule has 0 atom stereocenters. The molecule has 0 aliphatic heterocycles. The van der Waals surface area contributed by atoms with Gasteiger partial charge in [0.2, 0.25) is 0 Å². The summed E-state index contributed by atoms with van der Waals surface area (Å²) in [6.45, 7) is 1.94. The highest BCUT2D eigenvalue weighted by molar-refractivity contribution is 5.52. The van der Waals surface area contributed by atoms with Gasteiger partial charge in [-0.15, -0.1) is 0 Å². The normalized spacial score (nSPS) is 10.9. The van der Waals surface area contributed by atoms with Crippen LogP contribution < -0.4 is 10.6 Å². The molecule has 0 unspecified atom stereocenters. The van der Waals surface area contributed by atoms with Gasteiger partial charge in [0.15, 0.2) is 0 Å². The van der Waals surface area contributed by atoms with E-state index in [0.717, 1.165) is 38.8 Å². The summed E-state index contributed by atoms with van der Waals surface area (Å²) < 4.78 is 0. The van der Waals surface area contributed by atoms with Crippen LogP contribution in [0.1, 0.15) is 46.6 Å². The molecule has 2 heteroatoms. The molecule has 0 amide bonds. The van der Waals surface area contributed by atoms with Crippen LogP contribution in [-0.2, 0) is 12.8 Å². The van der Waals surface area contributed by atoms with Gasteiger partial charge in [0.25, 0.3) is 0 Å². The molecule has 0 radical (unpaired) electrons. The van der Waals surface area contributed by atoms with Crippen LogP contribution in [-0.4, -0.2) is 13.1 Å². The van der Waals surface area contributed by atoms with Crippen molar-refractivity contribution < 1.29 is 0 Å². The molecule has 0 aliphatic rings. The van der Waals surface area contributed by atoms with Gasteiger partial charge < -0.3 is 10.6 Å². The molecule has 0 aromatic heterocycles. The van der Waals surface area contributed by atoms with Crippen LogP contribution in [0.4, 0.5) is 11.4 Å². The molecule has 0 saturated carbocycles. The Bertz CT molecular complexity index is 1270. The van der Waals surface area contributed by atoms with Gasteiger partial charge in [0, 0.05) is 30.4 Å². The van der Waals surface area contributed by atoms with E-state index >= 15 is 0 Å². The Morgan fingerprint density at radius 1 is 0.385 bits per heavy atom. The van der Waals surface area contributed by atoms with Gasteiger partial charge in [-0.3, -0.25) is 0 Å². The highest BCUT2D eigenvalue weighted by Gasteiger charge is 2.16. The zero-order valence-electron chi connectivity index (χ0n) is 22.6. The predicted molar refractivity (Wildman–Crippen MR) is 167 cm³/mol. The summed E-state index contributed by atoms with van der Waals surface area (Å²) in [5.41, 5.74) is 9.06. The van der Waals surface area contributed by atoms with E-state index < -0.39 is 0 Å². The molecule has 0 fully saturated rings. The second kappa shape index (κ2) is 14.0. The smallest absolute Gasteiger partial charge is 0.0340 e. The van der Waals surface area contributed by atoms with E-state index in [4.69, 9.17) is 0 Å². The van der Waals surface area contributed by atoms with Gasteiger partial charge in [0.1, 0.15) is 0 Å². The fourth-order valence-corrected chi connectivity index (χ4v) is 5.15. The lowest BCUT2D eigenvalue weighted by Gasteiger charge is -2.20. The number of benzene rings is 5. The van der Waals surface area contributed by atoms with Crippen molar-refractivity contribution in [2.75, 3.05) is 23.7 Å². The molecule has 0 aliphatic carbocycles. The second-order valence-corrected chi connectivity index (χ2v) is 10.1. The Morgan fingerprint density at radius 3 is 1.15 bits per heavy atom. The van der Waals surface area contributed by atoms with Gasteiger partial charge in [-0.25, -0.2) is 0 Å². The molecule has 5 aromatic rings. The quantitative estimate of drug-likeness (QED) is 0.122. The third kappa shape index (κ3) is 7.85. The number of nitrogens with one attached hydrogen (secondary N) is 2. The zero-order valence-corrected chi connectivity index (χ0v) is 22.6. The van der Waals surface area contributed by atoms with Crippen molar-refractivity contribution in [3.8, 4) is 0 Å². The highest BCUT2D eigenvalue weighted by Crippen LogP contribution is 2.33. The average molecular weight is 511 g/mol. The minimum Gasteiger partial charge on any atom is -0.385 e. The number of rotatable bonds is 13. The largest absolute Gasteiger partial charge is 0.385 e. The van der Waals surface area contributed by atoms with Gasteiger partial charge in [-0.1, -0.05) is 115 Å². The van der Waals surface area contributed by atoms with Gasteiger partial charge in [0.05, 0.1) is 0 Å². The van der Waals surface area contributed by atoms with Crippen LogP contribution in [0.2, 0.25) is 0 Å². The maximum absolute atomic E-state index is 3.59. The van der Waals surface area contributed by atoms with Crippen LogP contribution in [0.25, 0.3) is 0 Å². The summed E-state index contributed by atoms with van der Waals surface area (Å²) in [5, 5.41) is 7.19. The van der Waals surface area contributed by atoms with Crippen molar-refractivity contribution in [3.63, 3.8) is 0 Å². The summed E-state index contributed by atoms with van der Waals surface area (Å²) in [6.07, 6.45) is 4.43. The number of hydrogen-bond acceptors (Lipinski definition) is 2. The maximum Gasteiger partial charge on any atom is 0.0340 e. The van der Waals surface area contributed by atoms with Crippen LogP contribution in [0.3, 0.4) is 0 Å². The minimum absolute atomic E-state index is 0.200. The molecule has 39 heavy (non-hydrogen) atoms.